The number of fused-ring (bicyclic) bond motifs is 5. The van der Waals surface area contributed by atoms with Crippen LogP contribution < -0.4 is 0 Å². The van der Waals surface area contributed by atoms with Gasteiger partial charge in [0.15, 0.2) is 0 Å². The van der Waals surface area contributed by atoms with Crippen LogP contribution in [-0.4, -0.2) is 21.3 Å². The SMILES string of the molecule is CC12CCC3c4ccc(O)cc4CCC3C1CC(=Cc1cccnc1)C2O. The van der Waals surface area contributed by atoms with Gasteiger partial charge in [0, 0.05) is 17.8 Å². The summed E-state index contributed by atoms with van der Waals surface area (Å²) >= 11 is 0. The van der Waals surface area contributed by atoms with Gasteiger partial charge in [0.05, 0.1) is 6.10 Å². The van der Waals surface area contributed by atoms with Crippen LogP contribution >= 0.6 is 0 Å². The quantitative estimate of drug-likeness (QED) is 0.774. The molecule has 3 nitrogen and oxygen atoms in total. The molecule has 1 heterocycles. The predicted molar refractivity (Wildman–Crippen MR) is 106 cm³/mol. The van der Waals surface area contributed by atoms with Crippen molar-refractivity contribution < 1.29 is 10.2 Å². The van der Waals surface area contributed by atoms with E-state index in [1.807, 2.05) is 24.4 Å². The second-order valence-corrected chi connectivity index (χ2v) is 8.96. The zero-order valence-electron chi connectivity index (χ0n) is 15.8. The molecule has 0 aliphatic heterocycles. The number of benzene rings is 1. The summed E-state index contributed by atoms with van der Waals surface area (Å²) < 4.78 is 0. The Labute approximate surface area is 160 Å². The average molecular weight is 361 g/mol. The summed E-state index contributed by atoms with van der Waals surface area (Å²) in [7, 11) is 0. The van der Waals surface area contributed by atoms with Gasteiger partial charge >= 0.3 is 0 Å². The fraction of sp³-hybridized carbons (Fsp3) is 0.458. The first kappa shape index (κ1) is 17.0. The highest BCUT2D eigenvalue weighted by Crippen LogP contribution is 2.62. The van der Waals surface area contributed by atoms with Gasteiger partial charge in [-0.25, -0.2) is 0 Å². The Morgan fingerprint density at radius 3 is 2.93 bits per heavy atom. The van der Waals surface area contributed by atoms with Crippen molar-refractivity contribution in [2.75, 3.05) is 0 Å². The lowest BCUT2D eigenvalue weighted by atomic mass is 9.55. The molecule has 3 aliphatic carbocycles. The van der Waals surface area contributed by atoms with E-state index in [1.165, 1.54) is 16.7 Å². The number of hydrogen-bond donors (Lipinski definition) is 2. The number of pyridine rings is 1. The Balaban J connectivity index is 1.49. The number of aromatic nitrogens is 1. The van der Waals surface area contributed by atoms with Crippen molar-refractivity contribution in [1.82, 2.24) is 4.98 Å². The van der Waals surface area contributed by atoms with Crippen molar-refractivity contribution in [2.24, 2.45) is 17.3 Å². The molecule has 2 aromatic rings. The lowest BCUT2D eigenvalue weighted by Crippen LogP contribution is -2.44. The van der Waals surface area contributed by atoms with Gasteiger partial charge in [-0.1, -0.05) is 25.1 Å². The minimum absolute atomic E-state index is 0.0242. The number of aliphatic hydroxyl groups excluding tert-OH is 1. The number of aromatic hydroxyl groups is 1. The maximum absolute atomic E-state index is 11.2. The molecule has 5 unspecified atom stereocenters. The molecule has 1 aromatic heterocycles. The molecule has 5 atom stereocenters. The van der Waals surface area contributed by atoms with Crippen LogP contribution in [0.25, 0.3) is 6.08 Å². The minimum Gasteiger partial charge on any atom is -0.508 e. The van der Waals surface area contributed by atoms with Crippen LogP contribution in [0.15, 0.2) is 48.3 Å². The molecule has 0 bridgehead atoms. The van der Waals surface area contributed by atoms with Gasteiger partial charge in [-0.05, 0) is 90.3 Å². The molecule has 2 fully saturated rings. The van der Waals surface area contributed by atoms with E-state index in [0.717, 1.165) is 37.7 Å². The van der Waals surface area contributed by atoms with E-state index in [0.29, 0.717) is 23.5 Å². The van der Waals surface area contributed by atoms with E-state index in [-0.39, 0.29) is 11.5 Å². The van der Waals surface area contributed by atoms with Crippen LogP contribution in [-0.2, 0) is 6.42 Å². The zero-order chi connectivity index (χ0) is 18.6. The first-order valence-corrected chi connectivity index (χ1v) is 10.2. The highest BCUT2D eigenvalue weighted by Gasteiger charge is 2.56. The Morgan fingerprint density at radius 1 is 1.22 bits per heavy atom. The number of phenols is 1. The Hall–Kier alpha value is -2.13. The largest absolute Gasteiger partial charge is 0.508 e. The van der Waals surface area contributed by atoms with Gasteiger partial charge in [0.1, 0.15) is 5.75 Å². The molecule has 27 heavy (non-hydrogen) atoms. The zero-order valence-corrected chi connectivity index (χ0v) is 15.8. The summed E-state index contributed by atoms with van der Waals surface area (Å²) in [5, 5.41) is 21.0. The van der Waals surface area contributed by atoms with E-state index >= 15 is 0 Å². The number of aryl methyl sites for hydroxylation is 1. The summed E-state index contributed by atoms with van der Waals surface area (Å²) in [6.45, 7) is 2.30. The van der Waals surface area contributed by atoms with E-state index < -0.39 is 0 Å². The van der Waals surface area contributed by atoms with E-state index in [1.54, 1.807) is 6.20 Å². The molecule has 5 rings (SSSR count). The summed E-state index contributed by atoms with van der Waals surface area (Å²) in [6.07, 6.45) is 10.8. The highest BCUT2D eigenvalue weighted by atomic mass is 16.3. The van der Waals surface area contributed by atoms with Crippen LogP contribution in [0.3, 0.4) is 0 Å². The van der Waals surface area contributed by atoms with E-state index in [4.69, 9.17) is 0 Å². The van der Waals surface area contributed by atoms with Crippen LogP contribution in [0.5, 0.6) is 5.75 Å². The molecule has 2 saturated carbocycles. The molecule has 140 valence electrons. The first-order chi connectivity index (χ1) is 13.1. The standard InChI is InChI=1S/C24H27NO2/c1-24-9-8-20-19-7-5-18(26)12-16(19)4-6-21(20)22(24)13-17(23(24)27)11-15-3-2-10-25-14-15/h2-3,5,7,10-12,14,20-23,26-27H,4,6,8-9,13H2,1H3. The van der Waals surface area contributed by atoms with E-state index in [2.05, 4.69) is 30.1 Å². The molecule has 2 N–H and O–H groups in total. The van der Waals surface area contributed by atoms with Crippen molar-refractivity contribution in [1.29, 1.82) is 0 Å². The first-order valence-electron chi connectivity index (χ1n) is 10.2. The lowest BCUT2D eigenvalue weighted by molar-refractivity contribution is -0.0158. The Bertz CT molecular complexity index is 891. The smallest absolute Gasteiger partial charge is 0.115 e. The summed E-state index contributed by atoms with van der Waals surface area (Å²) in [6, 6.07) is 9.94. The maximum atomic E-state index is 11.2. The fourth-order valence-corrected chi connectivity index (χ4v) is 6.24. The van der Waals surface area contributed by atoms with Crippen molar-refractivity contribution in [3.63, 3.8) is 0 Å². The summed E-state index contributed by atoms with van der Waals surface area (Å²) in [5.41, 5.74) is 4.99. The third kappa shape index (κ3) is 2.63. The summed E-state index contributed by atoms with van der Waals surface area (Å²) in [4.78, 5) is 4.21. The third-order valence-electron chi connectivity index (χ3n) is 7.62. The molecule has 0 amide bonds. The number of rotatable bonds is 1. The monoisotopic (exact) mass is 361 g/mol. The number of aliphatic hydroxyl groups is 1. The maximum Gasteiger partial charge on any atom is 0.115 e. The Kier molecular flexibility index (Phi) is 3.90. The number of nitrogens with zero attached hydrogens (tertiary/aromatic N) is 1. The predicted octanol–water partition coefficient (Wildman–Crippen LogP) is 4.70. The third-order valence-corrected chi connectivity index (χ3v) is 7.62. The fourth-order valence-electron chi connectivity index (χ4n) is 6.24. The molecular weight excluding hydrogens is 334 g/mol. The van der Waals surface area contributed by atoms with E-state index in [9.17, 15) is 10.2 Å². The molecule has 3 heteroatoms. The van der Waals surface area contributed by atoms with Gasteiger partial charge < -0.3 is 10.2 Å². The second-order valence-electron chi connectivity index (χ2n) is 8.96. The molecule has 0 saturated heterocycles. The second kappa shape index (κ2) is 6.20. The molecular formula is C24H27NO2. The van der Waals surface area contributed by atoms with Crippen LogP contribution in [0.4, 0.5) is 0 Å². The number of phenolic OH excluding ortho intramolecular Hbond substituents is 1. The van der Waals surface area contributed by atoms with Gasteiger partial charge in [-0.2, -0.15) is 0 Å². The van der Waals surface area contributed by atoms with Crippen LogP contribution in [0, 0.1) is 17.3 Å². The molecule has 1 aromatic carbocycles. The van der Waals surface area contributed by atoms with Crippen molar-refractivity contribution in [3.05, 3.63) is 65.0 Å². The lowest BCUT2D eigenvalue weighted by Gasteiger charge is -2.49. The van der Waals surface area contributed by atoms with Crippen LogP contribution in [0.2, 0.25) is 0 Å². The average Bonchev–Trinajstić information content (AvgIpc) is 2.93. The minimum atomic E-state index is -0.357. The van der Waals surface area contributed by atoms with Crippen molar-refractivity contribution in [2.45, 2.75) is 51.0 Å². The van der Waals surface area contributed by atoms with Gasteiger partial charge in [0.25, 0.3) is 0 Å². The van der Waals surface area contributed by atoms with Crippen molar-refractivity contribution in [3.8, 4) is 5.75 Å². The van der Waals surface area contributed by atoms with Crippen molar-refractivity contribution >= 4 is 6.08 Å². The van der Waals surface area contributed by atoms with Gasteiger partial charge in [-0.3, -0.25) is 4.98 Å². The highest BCUT2D eigenvalue weighted by molar-refractivity contribution is 5.54. The topological polar surface area (TPSA) is 53.4 Å². The normalized spacial score (nSPS) is 36.1. The molecule has 3 aliphatic rings. The van der Waals surface area contributed by atoms with Gasteiger partial charge in [0.2, 0.25) is 0 Å². The molecule has 0 spiro atoms. The molecule has 0 radical (unpaired) electrons. The van der Waals surface area contributed by atoms with Crippen LogP contribution in [0.1, 0.15) is 55.2 Å². The Morgan fingerprint density at radius 2 is 2.11 bits per heavy atom. The number of hydrogen-bond acceptors (Lipinski definition) is 3. The van der Waals surface area contributed by atoms with Gasteiger partial charge in [-0.15, -0.1) is 0 Å². The summed E-state index contributed by atoms with van der Waals surface area (Å²) in [5.74, 6) is 2.09.